The topological polar surface area (TPSA) is 53.1 Å². The highest BCUT2D eigenvalue weighted by Crippen LogP contribution is 2.38. The van der Waals surface area contributed by atoms with Crippen LogP contribution in [0.4, 0.5) is 36.4 Å². The molecular weight excluding hydrogens is 393 g/mol. The van der Waals surface area contributed by atoms with Gasteiger partial charge in [-0.2, -0.15) is 23.4 Å². The molecule has 0 radical (unpaired) electrons. The summed E-state index contributed by atoms with van der Waals surface area (Å²) in [4.78, 5) is 0. The number of nitrogens with one attached hydrogen (secondary N) is 2. The molecule has 4 nitrogen and oxygen atoms in total. The molecule has 0 unspecified atom stereocenters. The van der Waals surface area contributed by atoms with Gasteiger partial charge in [0.1, 0.15) is 11.3 Å². The van der Waals surface area contributed by atoms with E-state index >= 15 is 0 Å². The molecule has 0 aliphatic rings. The maximum Gasteiger partial charge on any atom is 0.422 e. The van der Waals surface area contributed by atoms with E-state index < -0.39 is 40.7 Å². The van der Waals surface area contributed by atoms with Crippen molar-refractivity contribution in [2.75, 3.05) is 5.43 Å². The Morgan fingerprint density at radius 1 is 0.929 bits per heavy atom. The zero-order valence-corrected chi connectivity index (χ0v) is 13.6. The quantitative estimate of drug-likeness (QED) is 0.276. The van der Waals surface area contributed by atoms with Gasteiger partial charge in [0.25, 0.3) is 0 Å². The van der Waals surface area contributed by atoms with E-state index in [1.165, 1.54) is 6.20 Å². The number of rotatable bonds is 4. The molecule has 0 fully saturated rings. The molecule has 2 N–H and O–H groups in total. The fraction of sp³-hybridized carbons (Fsp3) is 0.0588. The van der Waals surface area contributed by atoms with Crippen molar-refractivity contribution in [2.24, 2.45) is 5.10 Å². The largest absolute Gasteiger partial charge is 0.422 e. The van der Waals surface area contributed by atoms with Crippen LogP contribution in [0.2, 0.25) is 0 Å². The van der Waals surface area contributed by atoms with Crippen LogP contribution in [0.1, 0.15) is 11.1 Å². The van der Waals surface area contributed by atoms with Crippen LogP contribution in [0.25, 0.3) is 11.3 Å². The number of aromatic amines is 1. The van der Waals surface area contributed by atoms with Crippen LogP contribution >= 0.6 is 0 Å². The van der Waals surface area contributed by atoms with E-state index in [0.29, 0.717) is 16.8 Å². The highest BCUT2D eigenvalue weighted by Gasteiger charge is 2.42. The molecule has 0 spiro atoms. The van der Waals surface area contributed by atoms with Gasteiger partial charge in [0.2, 0.25) is 0 Å². The second kappa shape index (κ2) is 7.33. The van der Waals surface area contributed by atoms with Crippen LogP contribution in [-0.2, 0) is 6.18 Å². The zero-order valence-electron chi connectivity index (χ0n) is 13.6. The lowest BCUT2D eigenvalue weighted by Gasteiger charge is -2.13. The van der Waals surface area contributed by atoms with Gasteiger partial charge in [-0.15, -0.1) is 0 Å². The monoisotopic (exact) mass is 402 g/mol. The molecule has 3 aromatic rings. The summed E-state index contributed by atoms with van der Waals surface area (Å²) in [6, 6.07) is 8.73. The first-order valence-corrected chi connectivity index (χ1v) is 7.52. The average molecular weight is 402 g/mol. The summed E-state index contributed by atoms with van der Waals surface area (Å²) in [7, 11) is 0. The first-order valence-electron chi connectivity index (χ1n) is 7.52. The molecular formula is C17H9F7N4. The average Bonchev–Trinajstić information content (AvgIpc) is 3.11. The van der Waals surface area contributed by atoms with E-state index in [1.807, 2.05) is 0 Å². The minimum absolute atomic E-state index is 0.340. The number of anilines is 1. The van der Waals surface area contributed by atoms with Crippen molar-refractivity contribution in [3.63, 3.8) is 0 Å². The van der Waals surface area contributed by atoms with Gasteiger partial charge in [-0.3, -0.25) is 10.5 Å². The molecule has 0 aliphatic heterocycles. The number of hydrogen-bond acceptors (Lipinski definition) is 3. The maximum absolute atomic E-state index is 13.8. The van der Waals surface area contributed by atoms with Crippen molar-refractivity contribution in [1.29, 1.82) is 0 Å². The van der Waals surface area contributed by atoms with E-state index in [0.717, 1.165) is 6.21 Å². The summed E-state index contributed by atoms with van der Waals surface area (Å²) in [5, 5.41) is 9.90. The van der Waals surface area contributed by atoms with Crippen LogP contribution in [-0.4, -0.2) is 16.4 Å². The Balaban J connectivity index is 1.92. The van der Waals surface area contributed by atoms with E-state index in [4.69, 9.17) is 0 Å². The Kier molecular flexibility index (Phi) is 5.08. The van der Waals surface area contributed by atoms with Gasteiger partial charge in [0.05, 0.1) is 18.1 Å². The third kappa shape index (κ3) is 3.55. The van der Waals surface area contributed by atoms with Crippen molar-refractivity contribution in [3.8, 4) is 11.3 Å². The Morgan fingerprint density at radius 3 is 2.11 bits per heavy atom. The van der Waals surface area contributed by atoms with Gasteiger partial charge in [-0.05, 0) is 0 Å². The fourth-order valence-corrected chi connectivity index (χ4v) is 2.37. The standard InChI is InChI=1S/C17H9F7N4/c18-11-10(17(22,23)24)12(19)14(21)16(13(11)20)28-26-7-9-6-25-27-15(9)8-4-2-1-3-5-8/h1-7,28H,(H,25,27). The van der Waals surface area contributed by atoms with Crippen molar-refractivity contribution in [2.45, 2.75) is 6.18 Å². The van der Waals surface area contributed by atoms with Gasteiger partial charge in [0.15, 0.2) is 23.3 Å². The summed E-state index contributed by atoms with van der Waals surface area (Å²) < 4.78 is 92.5. The predicted octanol–water partition coefficient (Wildman–Crippen LogP) is 5.10. The molecule has 0 bridgehead atoms. The molecule has 11 heteroatoms. The third-order valence-electron chi connectivity index (χ3n) is 3.66. The fourth-order valence-electron chi connectivity index (χ4n) is 2.37. The summed E-state index contributed by atoms with van der Waals surface area (Å²) >= 11 is 0. The number of hydrogen-bond donors (Lipinski definition) is 2. The van der Waals surface area contributed by atoms with Gasteiger partial charge < -0.3 is 0 Å². The summed E-state index contributed by atoms with van der Waals surface area (Å²) in [5.41, 5.74) is -0.939. The summed E-state index contributed by atoms with van der Waals surface area (Å²) in [6.45, 7) is 0. The summed E-state index contributed by atoms with van der Waals surface area (Å²) in [6.07, 6.45) is -3.27. The molecule has 0 saturated heterocycles. The third-order valence-corrected chi connectivity index (χ3v) is 3.66. The van der Waals surface area contributed by atoms with Crippen molar-refractivity contribution in [3.05, 3.63) is 70.9 Å². The molecule has 1 heterocycles. The number of nitrogens with zero attached hydrogens (tertiary/aromatic N) is 2. The SMILES string of the molecule is Fc1c(F)c(C(F)(F)F)c(F)c(F)c1NN=Cc1cn[nH]c1-c1ccccc1. The maximum atomic E-state index is 13.8. The Labute approximate surface area is 152 Å². The van der Waals surface area contributed by atoms with Crippen LogP contribution in [0, 0.1) is 23.3 Å². The minimum atomic E-state index is -5.61. The van der Waals surface area contributed by atoms with Gasteiger partial charge in [-0.1, -0.05) is 30.3 Å². The highest BCUT2D eigenvalue weighted by molar-refractivity contribution is 5.88. The van der Waals surface area contributed by atoms with Crippen molar-refractivity contribution < 1.29 is 30.7 Å². The summed E-state index contributed by atoms with van der Waals surface area (Å²) in [5.74, 6) is -9.65. The lowest BCUT2D eigenvalue weighted by molar-refractivity contribution is -0.143. The lowest BCUT2D eigenvalue weighted by atomic mass is 10.1. The second-order valence-corrected chi connectivity index (χ2v) is 5.44. The molecule has 0 amide bonds. The van der Waals surface area contributed by atoms with Crippen LogP contribution in [0.3, 0.4) is 0 Å². The first-order chi connectivity index (χ1) is 13.2. The van der Waals surface area contributed by atoms with E-state index in [9.17, 15) is 30.7 Å². The molecule has 0 saturated carbocycles. The first kappa shape index (κ1) is 19.4. The number of alkyl halides is 3. The van der Waals surface area contributed by atoms with Crippen LogP contribution in [0.5, 0.6) is 0 Å². The predicted molar refractivity (Wildman–Crippen MR) is 86.5 cm³/mol. The molecule has 2 aromatic carbocycles. The minimum Gasteiger partial charge on any atom is -0.277 e. The normalized spacial score (nSPS) is 12.0. The molecule has 0 aliphatic carbocycles. The Hall–Kier alpha value is -3.37. The smallest absolute Gasteiger partial charge is 0.277 e. The number of aromatic nitrogens is 2. The highest BCUT2D eigenvalue weighted by atomic mass is 19.4. The van der Waals surface area contributed by atoms with Gasteiger partial charge in [0, 0.05) is 11.1 Å². The van der Waals surface area contributed by atoms with Gasteiger partial charge in [-0.25, -0.2) is 17.6 Å². The molecule has 3 rings (SSSR count). The second-order valence-electron chi connectivity index (χ2n) is 5.44. The van der Waals surface area contributed by atoms with Crippen molar-refractivity contribution >= 4 is 11.9 Å². The number of hydrazone groups is 1. The van der Waals surface area contributed by atoms with E-state index in [-0.39, 0.29) is 0 Å². The molecule has 28 heavy (non-hydrogen) atoms. The zero-order chi connectivity index (χ0) is 20.5. The van der Waals surface area contributed by atoms with Crippen LogP contribution in [0.15, 0.2) is 41.6 Å². The van der Waals surface area contributed by atoms with Crippen molar-refractivity contribution in [1.82, 2.24) is 10.2 Å². The number of benzene rings is 2. The van der Waals surface area contributed by atoms with E-state index in [1.54, 1.807) is 35.8 Å². The molecule has 1 aromatic heterocycles. The molecule has 146 valence electrons. The molecule has 0 atom stereocenters. The Bertz CT molecular complexity index is 997. The van der Waals surface area contributed by atoms with Gasteiger partial charge >= 0.3 is 6.18 Å². The number of halogens is 7. The Morgan fingerprint density at radius 2 is 1.54 bits per heavy atom. The lowest BCUT2D eigenvalue weighted by Crippen LogP contribution is -2.16. The van der Waals surface area contributed by atoms with Crippen LogP contribution < -0.4 is 5.43 Å². The number of H-pyrrole nitrogens is 1. The van der Waals surface area contributed by atoms with E-state index in [2.05, 4.69) is 15.3 Å².